The zero-order valence-electron chi connectivity index (χ0n) is 9.49. The van der Waals surface area contributed by atoms with Crippen LogP contribution in [0.2, 0.25) is 0 Å². The van der Waals surface area contributed by atoms with Crippen LogP contribution in [0.15, 0.2) is 0 Å². The largest absolute Gasteiger partial charge is 0.373 e. The zero-order valence-corrected chi connectivity index (χ0v) is 10.3. The van der Waals surface area contributed by atoms with Gasteiger partial charge in [-0.1, -0.05) is 0 Å². The summed E-state index contributed by atoms with van der Waals surface area (Å²) in [7, 11) is 1.90. The van der Waals surface area contributed by atoms with E-state index in [0.29, 0.717) is 13.0 Å². The summed E-state index contributed by atoms with van der Waals surface area (Å²) in [5.41, 5.74) is 0. The van der Waals surface area contributed by atoms with E-state index in [1.807, 2.05) is 18.2 Å². The van der Waals surface area contributed by atoms with Crippen LogP contribution in [0.25, 0.3) is 0 Å². The van der Waals surface area contributed by atoms with E-state index in [2.05, 4.69) is 5.32 Å². The molecule has 0 bridgehead atoms. The lowest BCUT2D eigenvalue weighted by Crippen LogP contribution is -2.48. The number of hydrogen-bond acceptors (Lipinski definition) is 4. The van der Waals surface area contributed by atoms with Crippen LogP contribution >= 0.6 is 11.8 Å². The van der Waals surface area contributed by atoms with Crippen molar-refractivity contribution in [1.29, 1.82) is 0 Å². The predicted molar refractivity (Wildman–Crippen MR) is 63.2 cm³/mol. The van der Waals surface area contributed by atoms with E-state index >= 15 is 0 Å². The van der Waals surface area contributed by atoms with E-state index in [0.717, 1.165) is 25.4 Å². The van der Waals surface area contributed by atoms with Crippen molar-refractivity contribution in [3.8, 4) is 0 Å². The first kappa shape index (κ1) is 12.8. The molecule has 1 rings (SSSR count). The minimum atomic E-state index is 0.155. The Hall–Kier alpha value is -0.260. The number of hydrogen-bond donors (Lipinski definition) is 1. The number of morpholine rings is 1. The van der Waals surface area contributed by atoms with Crippen LogP contribution in [0, 0.1) is 0 Å². The number of nitrogens with zero attached hydrogens (tertiary/aromatic N) is 1. The number of thioether (sulfide) groups is 1. The molecule has 1 heterocycles. The fraction of sp³-hybridized carbons (Fsp3) is 0.900. The average Bonchev–Trinajstić information content (AvgIpc) is 2.27. The number of ether oxygens (including phenoxy) is 1. The predicted octanol–water partition coefficient (Wildman–Crippen LogP) is 0.186. The third-order valence-electron chi connectivity index (χ3n) is 2.44. The van der Waals surface area contributed by atoms with Gasteiger partial charge in [0, 0.05) is 31.8 Å². The Kier molecular flexibility index (Phi) is 6.05. The van der Waals surface area contributed by atoms with Crippen molar-refractivity contribution in [3.63, 3.8) is 0 Å². The number of likely N-dealkylation sites (N-methyl/N-ethyl adjacent to an activating group) is 1. The lowest BCUT2D eigenvalue weighted by Gasteiger charge is -2.33. The molecule has 1 unspecified atom stereocenters. The van der Waals surface area contributed by atoms with Crippen molar-refractivity contribution in [2.45, 2.75) is 12.5 Å². The van der Waals surface area contributed by atoms with Crippen LogP contribution in [-0.4, -0.2) is 62.2 Å². The second-order valence-electron chi connectivity index (χ2n) is 3.63. The number of carbonyl (C=O) groups is 1. The van der Waals surface area contributed by atoms with Crippen molar-refractivity contribution in [1.82, 2.24) is 10.2 Å². The molecule has 1 saturated heterocycles. The van der Waals surface area contributed by atoms with Gasteiger partial charge in [0.1, 0.15) is 0 Å². The molecule has 1 N–H and O–H groups in total. The van der Waals surface area contributed by atoms with Crippen molar-refractivity contribution in [2.75, 3.05) is 45.3 Å². The number of rotatable bonds is 5. The van der Waals surface area contributed by atoms with Gasteiger partial charge in [0.25, 0.3) is 0 Å². The maximum atomic E-state index is 11.7. The normalized spacial score (nSPS) is 21.7. The highest BCUT2D eigenvalue weighted by atomic mass is 32.2. The highest BCUT2D eigenvalue weighted by molar-refractivity contribution is 7.98. The molecule has 0 aromatic heterocycles. The molecule has 0 radical (unpaired) electrons. The first-order chi connectivity index (χ1) is 7.27. The SMILES string of the molecule is CNCC1CN(C(=O)CCSC)CCO1. The molecule has 1 aliphatic heterocycles. The maximum Gasteiger partial charge on any atom is 0.223 e. The molecule has 1 atom stereocenters. The second-order valence-corrected chi connectivity index (χ2v) is 4.62. The molecule has 1 aliphatic rings. The van der Waals surface area contributed by atoms with E-state index in [1.54, 1.807) is 11.8 Å². The number of nitrogens with one attached hydrogen (secondary N) is 1. The summed E-state index contributed by atoms with van der Waals surface area (Å²) in [6, 6.07) is 0. The molecule has 1 fully saturated rings. The summed E-state index contributed by atoms with van der Waals surface area (Å²) >= 11 is 1.71. The van der Waals surface area contributed by atoms with Gasteiger partial charge in [-0.2, -0.15) is 11.8 Å². The molecule has 0 aliphatic carbocycles. The topological polar surface area (TPSA) is 41.6 Å². The lowest BCUT2D eigenvalue weighted by molar-refractivity contribution is -0.138. The molecule has 0 saturated carbocycles. The van der Waals surface area contributed by atoms with Gasteiger partial charge in [-0.15, -0.1) is 0 Å². The summed E-state index contributed by atoms with van der Waals surface area (Å²) < 4.78 is 5.54. The van der Waals surface area contributed by atoms with Gasteiger partial charge in [-0.25, -0.2) is 0 Å². The van der Waals surface area contributed by atoms with E-state index in [1.165, 1.54) is 0 Å². The Morgan fingerprint density at radius 1 is 1.67 bits per heavy atom. The zero-order chi connectivity index (χ0) is 11.1. The van der Waals surface area contributed by atoms with Crippen molar-refractivity contribution in [2.24, 2.45) is 0 Å². The van der Waals surface area contributed by atoms with E-state index in [9.17, 15) is 4.79 Å². The first-order valence-corrected chi connectivity index (χ1v) is 6.70. The average molecular weight is 232 g/mol. The first-order valence-electron chi connectivity index (χ1n) is 5.31. The molecule has 1 amide bonds. The highest BCUT2D eigenvalue weighted by Crippen LogP contribution is 2.07. The van der Waals surface area contributed by atoms with E-state index < -0.39 is 0 Å². The van der Waals surface area contributed by atoms with E-state index in [4.69, 9.17) is 4.74 Å². The van der Waals surface area contributed by atoms with Crippen molar-refractivity contribution >= 4 is 17.7 Å². The minimum Gasteiger partial charge on any atom is -0.373 e. The summed E-state index contributed by atoms with van der Waals surface area (Å²) in [4.78, 5) is 13.7. The van der Waals surface area contributed by atoms with Crippen molar-refractivity contribution < 1.29 is 9.53 Å². The summed E-state index contributed by atoms with van der Waals surface area (Å²) in [5, 5.41) is 3.07. The van der Waals surface area contributed by atoms with Crippen LogP contribution in [0.5, 0.6) is 0 Å². The van der Waals surface area contributed by atoms with Crippen LogP contribution in [0.4, 0.5) is 0 Å². The minimum absolute atomic E-state index is 0.155. The molecule has 0 spiro atoms. The summed E-state index contributed by atoms with van der Waals surface area (Å²) in [6.45, 7) is 2.95. The van der Waals surface area contributed by atoms with Crippen LogP contribution in [0.3, 0.4) is 0 Å². The fourth-order valence-electron chi connectivity index (χ4n) is 1.64. The molecular weight excluding hydrogens is 212 g/mol. The monoisotopic (exact) mass is 232 g/mol. The maximum absolute atomic E-state index is 11.7. The molecule has 4 nitrogen and oxygen atoms in total. The summed E-state index contributed by atoms with van der Waals surface area (Å²) in [5.74, 6) is 1.17. The quantitative estimate of drug-likeness (QED) is 0.734. The summed E-state index contributed by atoms with van der Waals surface area (Å²) in [6.07, 6.45) is 2.83. The molecular formula is C10H20N2O2S. The van der Waals surface area contributed by atoms with Gasteiger partial charge in [-0.3, -0.25) is 4.79 Å². The Morgan fingerprint density at radius 2 is 2.47 bits per heavy atom. The third-order valence-corrected chi connectivity index (χ3v) is 3.06. The van der Waals surface area contributed by atoms with Gasteiger partial charge in [-0.05, 0) is 13.3 Å². The molecule has 0 aromatic carbocycles. The fourth-order valence-corrected chi connectivity index (χ4v) is 2.02. The lowest BCUT2D eigenvalue weighted by atomic mass is 10.2. The van der Waals surface area contributed by atoms with Crippen LogP contribution in [-0.2, 0) is 9.53 Å². The smallest absolute Gasteiger partial charge is 0.223 e. The standard InChI is InChI=1S/C10H20N2O2S/c1-11-7-9-8-12(4-5-14-9)10(13)3-6-15-2/h9,11H,3-8H2,1-2H3. The van der Waals surface area contributed by atoms with Gasteiger partial charge in [0.15, 0.2) is 0 Å². The number of amides is 1. The third kappa shape index (κ3) is 4.40. The van der Waals surface area contributed by atoms with Crippen LogP contribution in [0.1, 0.15) is 6.42 Å². The Bertz CT molecular complexity index is 200. The van der Waals surface area contributed by atoms with E-state index in [-0.39, 0.29) is 12.0 Å². The highest BCUT2D eigenvalue weighted by Gasteiger charge is 2.22. The molecule has 5 heteroatoms. The van der Waals surface area contributed by atoms with Crippen LogP contribution < -0.4 is 5.32 Å². The Balaban J connectivity index is 2.31. The van der Waals surface area contributed by atoms with Gasteiger partial charge in [0.05, 0.1) is 12.7 Å². The van der Waals surface area contributed by atoms with Gasteiger partial charge >= 0.3 is 0 Å². The molecule has 15 heavy (non-hydrogen) atoms. The molecule has 0 aromatic rings. The molecule has 88 valence electrons. The Labute approximate surface area is 95.7 Å². The second kappa shape index (κ2) is 7.09. The Morgan fingerprint density at radius 3 is 3.13 bits per heavy atom. The van der Waals surface area contributed by atoms with Gasteiger partial charge < -0.3 is 15.0 Å². The van der Waals surface area contributed by atoms with Crippen molar-refractivity contribution in [3.05, 3.63) is 0 Å². The van der Waals surface area contributed by atoms with Gasteiger partial charge in [0.2, 0.25) is 5.91 Å². The number of carbonyl (C=O) groups excluding carboxylic acids is 1.